The lowest BCUT2D eigenvalue weighted by Crippen LogP contribution is -2.12. The molecule has 1 aromatic rings. The van der Waals surface area contributed by atoms with E-state index in [1.807, 2.05) is 0 Å². The second-order valence-corrected chi connectivity index (χ2v) is 6.31. The van der Waals surface area contributed by atoms with Crippen molar-refractivity contribution in [1.29, 1.82) is 0 Å². The molecule has 22 heavy (non-hydrogen) atoms. The summed E-state index contributed by atoms with van der Waals surface area (Å²) < 4.78 is 0. The van der Waals surface area contributed by atoms with Gasteiger partial charge in [-0.05, 0) is 24.4 Å². The molecule has 0 aliphatic rings. The van der Waals surface area contributed by atoms with Gasteiger partial charge in [-0.2, -0.15) is 0 Å². The van der Waals surface area contributed by atoms with Crippen molar-refractivity contribution < 1.29 is 0 Å². The Hall–Kier alpha value is -0.530. The standard InChI is InChI=1S/C20H35N.ClH/c1-2-3-4-5-6-7-8-9-10-12-17-20(18-21)19-15-13-11-14-16-19;/h11,13-16,20H,2-10,12,17-18,21H2,1H3;1H. The first-order chi connectivity index (χ1) is 10.4. The number of nitrogens with two attached hydrogens (primary N) is 1. The smallest absolute Gasteiger partial charge is 0.000824 e. The molecule has 0 saturated heterocycles. The van der Waals surface area contributed by atoms with Crippen LogP contribution in [0.3, 0.4) is 0 Å². The molecule has 0 aliphatic heterocycles. The average Bonchev–Trinajstić information content (AvgIpc) is 2.54. The summed E-state index contributed by atoms with van der Waals surface area (Å²) in [6, 6.07) is 10.8. The van der Waals surface area contributed by atoms with Crippen molar-refractivity contribution in [3.63, 3.8) is 0 Å². The van der Waals surface area contributed by atoms with Crippen molar-refractivity contribution in [2.45, 2.75) is 83.5 Å². The lowest BCUT2D eigenvalue weighted by molar-refractivity contribution is 0.526. The third-order valence-corrected chi connectivity index (χ3v) is 4.46. The second kappa shape index (κ2) is 15.4. The summed E-state index contributed by atoms with van der Waals surface area (Å²) >= 11 is 0. The number of unbranched alkanes of at least 4 members (excludes halogenated alkanes) is 9. The van der Waals surface area contributed by atoms with Gasteiger partial charge in [-0.1, -0.05) is 101 Å². The maximum Gasteiger partial charge on any atom is -0.000824 e. The van der Waals surface area contributed by atoms with E-state index in [0.717, 1.165) is 6.54 Å². The Kier molecular flexibility index (Phi) is 15.0. The molecule has 1 atom stereocenters. The van der Waals surface area contributed by atoms with E-state index in [9.17, 15) is 0 Å². The summed E-state index contributed by atoms with van der Waals surface area (Å²) in [5.41, 5.74) is 7.34. The predicted octanol–water partition coefficient (Wildman–Crippen LogP) is 6.46. The van der Waals surface area contributed by atoms with Crippen molar-refractivity contribution in [2.24, 2.45) is 5.73 Å². The highest BCUT2D eigenvalue weighted by atomic mass is 35.5. The fourth-order valence-electron chi connectivity index (χ4n) is 3.02. The Balaban J connectivity index is 0.00000441. The van der Waals surface area contributed by atoms with Gasteiger partial charge >= 0.3 is 0 Å². The predicted molar refractivity (Wildman–Crippen MR) is 102 cm³/mol. The molecule has 1 aromatic carbocycles. The van der Waals surface area contributed by atoms with Gasteiger partial charge in [0.05, 0.1) is 0 Å². The Morgan fingerprint density at radius 2 is 1.27 bits per heavy atom. The summed E-state index contributed by atoms with van der Waals surface area (Å²) in [5.74, 6) is 0.556. The normalized spacial score (nSPS) is 11.9. The molecular formula is C20H36ClN. The third kappa shape index (κ3) is 10.2. The van der Waals surface area contributed by atoms with Crippen LogP contribution in [0, 0.1) is 0 Å². The molecular weight excluding hydrogens is 290 g/mol. The van der Waals surface area contributed by atoms with Crippen LogP contribution < -0.4 is 5.73 Å². The van der Waals surface area contributed by atoms with Crippen LogP contribution in [0.25, 0.3) is 0 Å². The highest BCUT2D eigenvalue weighted by molar-refractivity contribution is 5.85. The van der Waals surface area contributed by atoms with Crippen LogP contribution in [0.5, 0.6) is 0 Å². The van der Waals surface area contributed by atoms with Crippen molar-refractivity contribution in [3.05, 3.63) is 35.9 Å². The summed E-state index contributed by atoms with van der Waals surface area (Å²) in [5, 5.41) is 0. The summed E-state index contributed by atoms with van der Waals surface area (Å²) in [4.78, 5) is 0. The van der Waals surface area contributed by atoms with Gasteiger partial charge in [-0.3, -0.25) is 0 Å². The van der Waals surface area contributed by atoms with E-state index in [-0.39, 0.29) is 12.4 Å². The molecule has 2 N–H and O–H groups in total. The molecule has 0 aromatic heterocycles. The molecule has 0 heterocycles. The van der Waals surface area contributed by atoms with Crippen molar-refractivity contribution in [1.82, 2.24) is 0 Å². The SMILES string of the molecule is CCCCCCCCCCCCC(CN)c1ccccc1.Cl. The van der Waals surface area contributed by atoms with E-state index < -0.39 is 0 Å². The van der Waals surface area contributed by atoms with Crippen molar-refractivity contribution in [2.75, 3.05) is 6.54 Å². The van der Waals surface area contributed by atoms with Gasteiger partial charge < -0.3 is 5.73 Å². The quantitative estimate of drug-likeness (QED) is 0.414. The summed E-state index contributed by atoms with van der Waals surface area (Å²) in [6.07, 6.45) is 15.3. The number of hydrogen-bond acceptors (Lipinski definition) is 1. The van der Waals surface area contributed by atoms with Crippen LogP contribution in [-0.4, -0.2) is 6.54 Å². The molecule has 0 spiro atoms. The lowest BCUT2D eigenvalue weighted by atomic mass is 9.93. The first-order valence-electron chi connectivity index (χ1n) is 9.13. The molecule has 1 rings (SSSR count). The van der Waals surface area contributed by atoms with E-state index in [2.05, 4.69) is 37.3 Å². The largest absolute Gasteiger partial charge is 0.330 e. The number of benzene rings is 1. The fourth-order valence-corrected chi connectivity index (χ4v) is 3.02. The van der Waals surface area contributed by atoms with E-state index in [1.165, 1.54) is 76.2 Å². The lowest BCUT2D eigenvalue weighted by Gasteiger charge is -2.14. The Morgan fingerprint density at radius 1 is 0.773 bits per heavy atom. The fraction of sp³-hybridized carbons (Fsp3) is 0.700. The molecule has 1 nitrogen and oxygen atoms in total. The van der Waals surface area contributed by atoms with Gasteiger partial charge in [0.2, 0.25) is 0 Å². The number of hydrogen-bond donors (Lipinski definition) is 1. The van der Waals surface area contributed by atoms with Crippen LogP contribution in [0.1, 0.15) is 89.0 Å². The van der Waals surface area contributed by atoms with Crippen LogP contribution in [0.15, 0.2) is 30.3 Å². The van der Waals surface area contributed by atoms with Gasteiger partial charge in [-0.15, -0.1) is 12.4 Å². The van der Waals surface area contributed by atoms with E-state index in [4.69, 9.17) is 5.73 Å². The van der Waals surface area contributed by atoms with E-state index in [1.54, 1.807) is 0 Å². The van der Waals surface area contributed by atoms with Gasteiger partial charge in [0.25, 0.3) is 0 Å². The van der Waals surface area contributed by atoms with Crippen LogP contribution in [0.2, 0.25) is 0 Å². The Bertz CT molecular complexity index is 326. The van der Waals surface area contributed by atoms with Crippen molar-refractivity contribution in [3.8, 4) is 0 Å². The average molecular weight is 326 g/mol. The molecule has 0 bridgehead atoms. The van der Waals surface area contributed by atoms with Gasteiger partial charge in [-0.25, -0.2) is 0 Å². The first-order valence-corrected chi connectivity index (χ1v) is 9.13. The zero-order chi connectivity index (χ0) is 15.2. The highest BCUT2D eigenvalue weighted by Crippen LogP contribution is 2.21. The van der Waals surface area contributed by atoms with E-state index in [0.29, 0.717) is 5.92 Å². The minimum absolute atomic E-state index is 0. The molecule has 1 unspecified atom stereocenters. The van der Waals surface area contributed by atoms with Gasteiger partial charge in [0.15, 0.2) is 0 Å². The zero-order valence-corrected chi connectivity index (χ0v) is 15.3. The highest BCUT2D eigenvalue weighted by Gasteiger charge is 2.08. The maximum absolute atomic E-state index is 5.93. The topological polar surface area (TPSA) is 26.0 Å². The molecule has 0 aliphatic carbocycles. The minimum Gasteiger partial charge on any atom is -0.330 e. The Morgan fingerprint density at radius 3 is 1.77 bits per heavy atom. The van der Waals surface area contributed by atoms with Gasteiger partial charge in [0, 0.05) is 0 Å². The summed E-state index contributed by atoms with van der Waals surface area (Å²) in [6.45, 7) is 3.06. The third-order valence-electron chi connectivity index (χ3n) is 4.46. The first kappa shape index (κ1) is 21.5. The minimum atomic E-state index is 0. The van der Waals surface area contributed by atoms with Crippen LogP contribution in [-0.2, 0) is 0 Å². The number of halogens is 1. The van der Waals surface area contributed by atoms with Crippen LogP contribution in [0.4, 0.5) is 0 Å². The maximum atomic E-state index is 5.93. The molecule has 0 saturated carbocycles. The summed E-state index contributed by atoms with van der Waals surface area (Å²) in [7, 11) is 0. The molecule has 2 heteroatoms. The van der Waals surface area contributed by atoms with Gasteiger partial charge in [0.1, 0.15) is 0 Å². The number of rotatable bonds is 13. The Labute approximate surface area is 144 Å². The molecule has 0 amide bonds. The van der Waals surface area contributed by atoms with E-state index >= 15 is 0 Å². The monoisotopic (exact) mass is 325 g/mol. The molecule has 0 fully saturated rings. The van der Waals surface area contributed by atoms with Crippen LogP contribution >= 0.6 is 12.4 Å². The second-order valence-electron chi connectivity index (χ2n) is 6.31. The molecule has 0 radical (unpaired) electrons. The molecule has 128 valence electrons. The van der Waals surface area contributed by atoms with Crippen molar-refractivity contribution >= 4 is 12.4 Å². The zero-order valence-electron chi connectivity index (χ0n) is 14.4.